The highest BCUT2D eigenvalue weighted by molar-refractivity contribution is 5.62. The molecule has 1 aromatic heterocycles. The van der Waals surface area contributed by atoms with Gasteiger partial charge in [-0.1, -0.05) is 30.3 Å². The molecular formula is C20H18F3N3O. The molecule has 0 saturated carbocycles. The first-order chi connectivity index (χ1) is 12.8. The Kier molecular flexibility index (Phi) is 5.30. The minimum Gasteiger partial charge on any atom is -0.491 e. The third kappa shape index (κ3) is 4.97. The lowest BCUT2D eigenvalue weighted by Crippen LogP contribution is -2.09. The molecular weight excluding hydrogens is 355 g/mol. The topological polar surface area (TPSA) is 39.9 Å². The lowest BCUT2D eigenvalue weighted by atomic mass is 10.1. The lowest BCUT2D eigenvalue weighted by Gasteiger charge is -2.14. The number of hydrogen-bond acceptors (Lipinski definition) is 3. The Bertz CT molecular complexity index is 931. The zero-order chi connectivity index (χ0) is 19.4. The van der Waals surface area contributed by atoms with E-state index in [9.17, 15) is 13.2 Å². The summed E-state index contributed by atoms with van der Waals surface area (Å²) in [6.45, 7) is 3.50. The minimum atomic E-state index is -4.49. The van der Waals surface area contributed by atoms with Crippen molar-refractivity contribution >= 4 is 12.3 Å². The summed E-state index contributed by atoms with van der Waals surface area (Å²) in [6, 6.07) is 13.1. The van der Waals surface area contributed by atoms with E-state index in [0.717, 1.165) is 17.7 Å². The van der Waals surface area contributed by atoms with Gasteiger partial charge in [-0.15, -0.1) is 5.10 Å². The van der Waals surface area contributed by atoms with Crippen molar-refractivity contribution in [2.75, 3.05) is 0 Å². The summed E-state index contributed by atoms with van der Waals surface area (Å²) in [5.74, 6) is 0.318. The van der Waals surface area contributed by atoms with Crippen LogP contribution in [0.2, 0.25) is 0 Å². The van der Waals surface area contributed by atoms with Gasteiger partial charge in [0.2, 0.25) is 0 Å². The van der Waals surface area contributed by atoms with Crippen molar-refractivity contribution in [1.82, 2.24) is 14.8 Å². The van der Waals surface area contributed by atoms with E-state index in [4.69, 9.17) is 4.74 Å². The Labute approximate surface area is 154 Å². The van der Waals surface area contributed by atoms with Crippen LogP contribution in [0.5, 0.6) is 5.75 Å². The molecule has 4 nitrogen and oxygen atoms in total. The molecule has 0 radical (unpaired) electrons. The second-order valence-electron chi connectivity index (χ2n) is 6.19. The van der Waals surface area contributed by atoms with Gasteiger partial charge in [-0.25, -0.2) is 9.67 Å². The largest absolute Gasteiger partial charge is 0.491 e. The molecule has 0 aliphatic heterocycles. The van der Waals surface area contributed by atoms with Crippen molar-refractivity contribution in [3.8, 4) is 17.1 Å². The second-order valence-corrected chi connectivity index (χ2v) is 6.19. The van der Waals surface area contributed by atoms with Crippen LogP contribution in [-0.2, 0) is 6.18 Å². The van der Waals surface area contributed by atoms with Gasteiger partial charge < -0.3 is 4.74 Å². The van der Waals surface area contributed by atoms with E-state index in [1.54, 1.807) is 20.0 Å². The van der Waals surface area contributed by atoms with Crippen LogP contribution in [-0.4, -0.2) is 20.9 Å². The molecule has 27 heavy (non-hydrogen) atoms. The summed E-state index contributed by atoms with van der Waals surface area (Å²) >= 11 is 0. The molecule has 0 bridgehead atoms. The van der Waals surface area contributed by atoms with E-state index in [-0.39, 0.29) is 23.2 Å². The number of rotatable bonds is 5. The minimum absolute atomic E-state index is 0.131. The summed E-state index contributed by atoms with van der Waals surface area (Å²) in [5, 5.41) is 4.23. The van der Waals surface area contributed by atoms with Crippen molar-refractivity contribution in [2.45, 2.75) is 26.1 Å². The molecule has 140 valence electrons. The Hall–Kier alpha value is -3.09. The molecule has 2 aromatic carbocycles. The van der Waals surface area contributed by atoms with Gasteiger partial charge in [-0.2, -0.15) is 13.2 Å². The zero-order valence-corrected chi connectivity index (χ0v) is 14.8. The zero-order valence-electron chi connectivity index (χ0n) is 14.8. The van der Waals surface area contributed by atoms with Gasteiger partial charge in [0.25, 0.3) is 0 Å². The fourth-order valence-electron chi connectivity index (χ4n) is 2.44. The van der Waals surface area contributed by atoms with Crippen molar-refractivity contribution in [1.29, 1.82) is 0 Å². The number of halogens is 3. The first kappa shape index (κ1) is 18.7. The van der Waals surface area contributed by atoms with Gasteiger partial charge in [-0.05, 0) is 43.7 Å². The normalized spacial score (nSPS) is 12.1. The molecule has 3 aromatic rings. The smallest absolute Gasteiger partial charge is 0.416 e. The standard InChI is InChI=1S/C20H18F3N3O/c1-14(2)27-18-11-16(10-17(12-18)20(21,22)23)19-24-13-26(25-19)9-8-15-6-4-3-5-7-15/h3-14H,1-2H3. The number of ether oxygens (including phenoxy) is 1. The average Bonchev–Trinajstić information content (AvgIpc) is 3.08. The third-order valence-electron chi connectivity index (χ3n) is 3.59. The van der Waals surface area contributed by atoms with Crippen molar-refractivity contribution in [2.24, 2.45) is 0 Å². The van der Waals surface area contributed by atoms with E-state index in [2.05, 4.69) is 10.1 Å². The van der Waals surface area contributed by atoms with E-state index >= 15 is 0 Å². The first-order valence-electron chi connectivity index (χ1n) is 8.35. The van der Waals surface area contributed by atoms with Crippen LogP contribution >= 0.6 is 0 Å². The van der Waals surface area contributed by atoms with Crippen LogP contribution in [0.4, 0.5) is 13.2 Å². The van der Waals surface area contributed by atoms with E-state index in [0.29, 0.717) is 0 Å². The van der Waals surface area contributed by atoms with Crippen molar-refractivity contribution < 1.29 is 17.9 Å². The number of nitrogens with zero attached hydrogens (tertiary/aromatic N) is 3. The fraction of sp³-hybridized carbons (Fsp3) is 0.200. The van der Waals surface area contributed by atoms with E-state index < -0.39 is 11.7 Å². The maximum absolute atomic E-state index is 13.2. The molecule has 0 atom stereocenters. The monoisotopic (exact) mass is 373 g/mol. The highest BCUT2D eigenvalue weighted by atomic mass is 19.4. The van der Waals surface area contributed by atoms with Crippen LogP contribution in [0.25, 0.3) is 23.7 Å². The molecule has 1 heterocycles. The summed E-state index contributed by atoms with van der Waals surface area (Å²) < 4.78 is 46.5. The maximum Gasteiger partial charge on any atom is 0.416 e. The van der Waals surface area contributed by atoms with Gasteiger partial charge >= 0.3 is 6.18 Å². The second kappa shape index (κ2) is 7.65. The number of benzene rings is 2. The molecule has 7 heteroatoms. The Balaban J connectivity index is 1.91. The Morgan fingerprint density at radius 3 is 2.48 bits per heavy atom. The molecule has 0 N–H and O–H groups in total. The SMILES string of the molecule is CC(C)Oc1cc(-c2ncn(C=Cc3ccccc3)n2)cc(C(F)(F)F)c1. The fourth-order valence-corrected chi connectivity index (χ4v) is 2.44. The number of aromatic nitrogens is 3. The number of alkyl halides is 3. The summed E-state index contributed by atoms with van der Waals surface area (Å²) in [6.07, 6.45) is 0.225. The predicted octanol–water partition coefficient (Wildman–Crippen LogP) is 5.38. The third-order valence-corrected chi connectivity index (χ3v) is 3.59. The molecule has 0 spiro atoms. The first-order valence-corrected chi connectivity index (χ1v) is 8.35. The Morgan fingerprint density at radius 1 is 1.07 bits per heavy atom. The van der Waals surface area contributed by atoms with Gasteiger partial charge in [0.15, 0.2) is 5.82 Å². The lowest BCUT2D eigenvalue weighted by molar-refractivity contribution is -0.137. The van der Waals surface area contributed by atoms with Crippen molar-refractivity contribution in [3.05, 3.63) is 66.0 Å². The van der Waals surface area contributed by atoms with Crippen LogP contribution < -0.4 is 4.74 Å². The summed E-state index contributed by atoms with van der Waals surface area (Å²) in [7, 11) is 0. The molecule has 0 unspecified atom stereocenters. The van der Waals surface area contributed by atoms with E-state index in [1.165, 1.54) is 17.1 Å². The molecule has 0 amide bonds. The average molecular weight is 373 g/mol. The quantitative estimate of drug-likeness (QED) is 0.603. The summed E-state index contributed by atoms with van der Waals surface area (Å²) in [5.41, 5.74) is 0.417. The predicted molar refractivity (Wildman–Crippen MR) is 97.9 cm³/mol. The van der Waals surface area contributed by atoms with Gasteiger partial charge in [-0.3, -0.25) is 0 Å². The van der Waals surface area contributed by atoms with Gasteiger partial charge in [0.1, 0.15) is 12.1 Å². The molecule has 0 aliphatic rings. The van der Waals surface area contributed by atoms with E-state index in [1.807, 2.05) is 36.4 Å². The molecule has 0 aliphatic carbocycles. The number of hydrogen-bond donors (Lipinski definition) is 0. The van der Waals surface area contributed by atoms with Crippen LogP contribution in [0.15, 0.2) is 54.9 Å². The molecule has 3 rings (SSSR count). The summed E-state index contributed by atoms with van der Waals surface area (Å²) in [4.78, 5) is 4.12. The van der Waals surface area contributed by atoms with Crippen LogP contribution in [0.1, 0.15) is 25.0 Å². The van der Waals surface area contributed by atoms with Gasteiger partial charge in [0, 0.05) is 11.8 Å². The van der Waals surface area contributed by atoms with Crippen molar-refractivity contribution in [3.63, 3.8) is 0 Å². The molecule has 0 saturated heterocycles. The molecule has 0 fully saturated rings. The highest BCUT2D eigenvalue weighted by Crippen LogP contribution is 2.35. The highest BCUT2D eigenvalue weighted by Gasteiger charge is 2.32. The van der Waals surface area contributed by atoms with Crippen LogP contribution in [0.3, 0.4) is 0 Å². The Morgan fingerprint density at radius 2 is 1.81 bits per heavy atom. The van der Waals surface area contributed by atoms with Gasteiger partial charge in [0.05, 0.1) is 11.7 Å². The maximum atomic E-state index is 13.2. The van der Waals surface area contributed by atoms with Crippen LogP contribution in [0, 0.1) is 0 Å².